The van der Waals surface area contributed by atoms with E-state index in [0.29, 0.717) is 6.42 Å². The molecule has 0 amide bonds. The molecular formula is C7H9NO3. The Bertz CT molecular complexity index is 220. The van der Waals surface area contributed by atoms with E-state index in [1.807, 2.05) is 6.07 Å². The number of aliphatic hydroxyl groups excluding tert-OH is 1. The topological polar surface area (TPSA) is 70.3 Å². The number of rotatable bonds is 2. The van der Waals surface area contributed by atoms with Crippen molar-refractivity contribution in [2.75, 3.05) is 13.7 Å². The van der Waals surface area contributed by atoms with Crippen LogP contribution in [-0.2, 0) is 9.53 Å². The third kappa shape index (κ3) is 0.976. The van der Waals surface area contributed by atoms with Gasteiger partial charge in [-0.05, 0) is 6.42 Å². The lowest BCUT2D eigenvalue weighted by Gasteiger charge is -2.02. The molecule has 1 aliphatic carbocycles. The van der Waals surface area contributed by atoms with Crippen LogP contribution in [0.5, 0.6) is 0 Å². The molecule has 0 radical (unpaired) electrons. The van der Waals surface area contributed by atoms with E-state index < -0.39 is 11.4 Å². The lowest BCUT2D eigenvalue weighted by Crippen LogP contribution is -2.18. The molecule has 1 aliphatic rings. The maximum absolute atomic E-state index is 10.9. The van der Waals surface area contributed by atoms with Gasteiger partial charge in [-0.1, -0.05) is 0 Å². The van der Waals surface area contributed by atoms with E-state index in [4.69, 9.17) is 10.4 Å². The number of nitriles is 1. The summed E-state index contributed by atoms with van der Waals surface area (Å²) in [5.74, 6) is -0.751. The van der Waals surface area contributed by atoms with Crippen molar-refractivity contribution in [3.8, 4) is 6.07 Å². The fraction of sp³-hybridized carbons (Fsp3) is 0.714. The zero-order valence-electron chi connectivity index (χ0n) is 6.20. The van der Waals surface area contributed by atoms with E-state index >= 15 is 0 Å². The minimum Gasteiger partial charge on any atom is -0.468 e. The second-order valence-corrected chi connectivity index (χ2v) is 2.66. The number of nitrogens with zero attached hydrogens (tertiary/aromatic N) is 1. The first-order chi connectivity index (χ1) is 5.21. The second-order valence-electron chi connectivity index (χ2n) is 2.66. The van der Waals surface area contributed by atoms with Gasteiger partial charge in [0.1, 0.15) is 0 Å². The highest BCUT2D eigenvalue weighted by atomic mass is 16.5. The molecule has 4 nitrogen and oxygen atoms in total. The van der Waals surface area contributed by atoms with Gasteiger partial charge in [0, 0.05) is 12.5 Å². The number of carbonyl (C=O) groups excluding carboxylic acids is 1. The summed E-state index contributed by atoms with van der Waals surface area (Å²) >= 11 is 0. The van der Waals surface area contributed by atoms with Gasteiger partial charge in [-0.25, -0.2) is 0 Å². The summed E-state index contributed by atoms with van der Waals surface area (Å²) in [6, 6.07) is 1.87. The average molecular weight is 155 g/mol. The number of esters is 1. The van der Waals surface area contributed by atoms with Crippen LogP contribution in [-0.4, -0.2) is 24.8 Å². The van der Waals surface area contributed by atoms with E-state index in [9.17, 15) is 4.79 Å². The van der Waals surface area contributed by atoms with E-state index in [2.05, 4.69) is 4.74 Å². The number of ether oxygens (including phenoxy) is 1. The van der Waals surface area contributed by atoms with E-state index in [0.717, 1.165) is 0 Å². The summed E-state index contributed by atoms with van der Waals surface area (Å²) in [6.07, 6.45) is 0.423. The van der Waals surface area contributed by atoms with Crippen molar-refractivity contribution in [3.05, 3.63) is 0 Å². The summed E-state index contributed by atoms with van der Waals surface area (Å²) in [6.45, 7) is -0.122. The largest absolute Gasteiger partial charge is 0.468 e. The maximum atomic E-state index is 10.9. The van der Waals surface area contributed by atoms with Crippen molar-refractivity contribution >= 4 is 5.97 Å². The Morgan fingerprint density at radius 1 is 2.00 bits per heavy atom. The van der Waals surface area contributed by atoms with Crippen LogP contribution < -0.4 is 0 Å². The van der Waals surface area contributed by atoms with Crippen LogP contribution in [0.1, 0.15) is 6.42 Å². The van der Waals surface area contributed by atoms with Gasteiger partial charge in [-0.15, -0.1) is 0 Å². The standard InChI is InChI=1S/C7H9NO3/c1-11-6(10)7(4-8)2-5(7)3-9/h5,9H,2-3H2,1H3. The van der Waals surface area contributed by atoms with Gasteiger partial charge < -0.3 is 9.84 Å². The molecule has 1 N–H and O–H groups in total. The van der Waals surface area contributed by atoms with Gasteiger partial charge in [0.2, 0.25) is 0 Å². The Hall–Kier alpha value is -1.08. The van der Waals surface area contributed by atoms with Crippen molar-refractivity contribution in [3.63, 3.8) is 0 Å². The van der Waals surface area contributed by atoms with Gasteiger partial charge in [0.05, 0.1) is 13.2 Å². The van der Waals surface area contributed by atoms with Crippen LogP contribution in [0, 0.1) is 22.7 Å². The molecular weight excluding hydrogens is 146 g/mol. The summed E-state index contributed by atoms with van der Waals surface area (Å²) in [4.78, 5) is 10.9. The first-order valence-electron chi connectivity index (χ1n) is 3.32. The molecule has 0 aromatic rings. The van der Waals surface area contributed by atoms with Gasteiger partial charge in [-0.2, -0.15) is 5.26 Å². The third-order valence-electron chi connectivity index (χ3n) is 2.07. The summed E-state index contributed by atoms with van der Waals surface area (Å²) in [5.41, 5.74) is -1.04. The smallest absolute Gasteiger partial charge is 0.326 e. The molecule has 1 fully saturated rings. The fourth-order valence-electron chi connectivity index (χ4n) is 1.16. The fourth-order valence-corrected chi connectivity index (χ4v) is 1.16. The molecule has 11 heavy (non-hydrogen) atoms. The molecule has 4 heteroatoms. The quantitative estimate of drug-likeness (QED) is 0.555. The van der Waals surface area contributed by atoms with Crippen LogP contribution in [0.3, 0.4) is 0 Å². The zero-order chi connectivity index (χ0) is 8.48. The van der Waals surface area contributed by atoms with Crippen molar-refractivity contribution < 1.29 is 14.6 Å². The highest BCUT2D eigenvalue weighted by Gasteiger charge is 2.61. The predicted molar refractivity (Wildman–Crippen MR) is 35.3 cm³/mol. The van der Waals surface area contributed by atoms with Crippen molar-refractivity contribution in [2.45, 2.75) is 6.42 Å². The molecule has 2 unspecified atom stereocenters. The van der Waals surface area contributed by atoms with Gasteiger partial charge in [0.15, 0.2) is 5.41 Å². The van der Waals surface area contributed by atoms with Gasteiger partial charge >= 0.3 is 5.97 Å². The molecule has 1 saturated carbocycles. The number of hydrogen-bond donors (Lipinski definition) is 1. The molecule has 1 rings (SSSR count). The first-order valence-corrected chi connectivity index (χ1v) is 3.32. The molecule has 0 bridgehead atoms. The monoisotopic (exact) mass is 155 g/mol. The van der Waals surface area contributed by atoms with Crippen molar-refractivity contribution in [2.24, 2.45) is 11.3 Å². The van der Waals surface area contributed by atoms with Crippen LogP contribution in [0.4, 0.5) is 0 Å². The average Bonchev–Trinajstić information content (AvgIpc) is 2.78. The second kappa shape index (κ2) is 2.51. The molecule has 0 heterocycles. The molecule has 0 aromatic heterocycles. The Morgan fingerprint density at radius 3 is 2.91 bits per heavy atom. The van der Waals surface area contributed by atoms with E-state index in [1.165, 1.54) is 7.11 Å². The number of aliphatic hydroxyl groups is 1. The van der Waals surface area contributed by atoms with Crippen LogP contribution >= 0.6 is 0 Å². The minimum atomic E-state index is -1.04. The Balaban J connectivity index is 2.69. The Kier molecular flexibility index (Phi) is 1.83. The molecule has 60 valence electrons. The SMILES string of the molecule is COC(=O)C1(C#N)CC1CO. The molecule has 0 saturated heterocycles. The number of hydrogen-bond acceptors (Lipinski definition) is 4. The van der Waals surface area contributed by atoms with E-state index in [-0.39, 0.29) is 12.5 Å². The Morgan fingerprint density at radius 2 is 2.64 bits per heavy atom. The Labute approximate surface area is 64.4 Å². The zero-order valence-corrected chi connectivity index (χ0v) is 6.20. The first kappa shape index (κ1) is 8.02. The summed E-state index contributed by atoms with van der Waals surface area (Å²) < 4.78 is 4.43. The molecule has 0 spiro atoms. The van der Waals surface area contributed by atoms with Gasteiger partial charge in [0.25, 0.3) is 0 Å². The van der Waals surface area contributed by atoms with Crippen molar-refractivity contribution in [1.29, 1.82) is 5.26 Å². The molecule has 0 aromatic carbocycles. The highest BCUT2D eigenvalue weighted by Crippen LogP contribution is 2.52. The molecule has 0 aliphatic heterocycles. The lowest BCUT2D eigenvalue weighted by atomic mass is 10.1. The summed E-state index contributed by atoms with van der Waals surface area (Å²) in [7, 11) is 1.24. The number of carbonyl (C=O) groups is 1. The predicted octanol–water partition coefficient (Wildman–Crippen LogP) is -0.318. The van der Waals surface area contributed by atoms with E-state index in [1.54, 1.807) is 0 Å². The highest BCUT2D eigenvalue weighted by molar-refractivity contribution is 5.83. The third-order valence-corrected chi connectivity index (χ3v) is 2.07. The normalized spacial score (nSPS) is 34.1. The minimum absolute atomic E-state index is 0.122. The number of methoxy groups -OCH3 is 1. The lowest BCUT2D eigenvalue weighted by molar-refractivity contribution is -0.145. The van der Waals surface area contributed by atoms with Crippen LogP contribution in [0.15, 0.2) is 0 Å². The van der Waals surface area contributed by atoms with Gasteiger partial charge in [-0.3, -0.25) is 4.79 Å². The van der Waals surface area contributed by atoms with Crippen LogP contribution in [0.2, 0.25) is 0 Å². The van der Waals surface area contributed by atoms with Crippen molar-refractivity contribution in [1.82, 2.24) is 0 Å². The summed E-state index contributed by atoms with van der Waals surface area (Å²) in [5, 5.41) is 17.3. The molecule has 2 atom stereocenters. The van der Waals surface area contributed by atoms with Crippen LogP contribution in [0.25, 0.3) is 0 Å². The maximum Gasteiger partial charge on any atom is 0.326 e.